The molecular formula is C16H24F2N2O2. The molecule has 0 unspecified atom stereocenters. The van der Waals surface area contributed by atoms with Crippen molar-refractivity contribution < 1.29 is 18.3 Å². The third-order valence-corrected chi connectivity index (χ3v) is 3.46. The number of nitrogens with zero attached hydrogens (tertiary/aromatic N) is 1. The van der Waals surface area contributed by atoms with Crippen molar-refractivity contribution in [3.8, 4) is 5.75 Å². The zero-order valence-electron chi connectivity index (χ0n) is 13.5. The maximum atomic E-state index is 12.4. The first kappa shape index (κ1) is 18.4. The molecule has 1 atom stereocenters. The zero-order valence-corrected chi connectivity index (χ0v) is 13.5. The van der Waals surface area contributed by atoms with Gasteiger partial charge in [-0.05, 0) is 45.0 Å². The van der Waals surface area contributed by atoms with Crippen LogP contribution in [0.1, 0.15) is 27.2 Å². The fraction of sp³-hybridized carbons (Fsp3) is 0.562. The van der Waals surface area contributed by atoms with E-state index in [1.807, 2.05) is 11.9 Å². The standard InChI is InChI=1S/C16H24F2N2O2/c1-11(2)9-10-20(4)12(3)15(21)19-13-7-5-6-8-14(13)22-16(17)18/h5-8,11-12,16H,9-10H2,1-4H3,(H,19,21)/t12-/m0/s1. The number of ether oxygens (including phenoxy) is 1. The number of anilines is 1. The number of amides is 1. The molecule has 1 aromatic rings. The number of para-hydroxylation sites is 2. The Morgan fingerprint density at radius 1 is 1.27 bits per heavy atom. The Morgan fingerprint density at radius 3 is 2.50 bits per heavy atom. The Kier molecular flexibility index (Phi) is 7.24. The van der Waals surface area contributed by atoms with E-state index in [4.69, 9.17) is 0 Å². The van der Waals surface area contributed by atoms with Crippen molar-refractivity contribution in [2.24, 2.45) is 5.92 Å². The van der Waals surface area contributed by atoms with Crippen molar-refractivity contribution >= 4 is 11.6 Å². The average molecular weight is 314 g/mol. The number of likely N-dealkylation sites (N-methyl/N-ethyl adjacent to an activating group) is 1. The van der Waals surface area contributed by atoms with E-state index in [0.717, 1.165) is 13.0 Å². The Morgan fingerprint density at radius 2 is 1.91 bits per heavy atom. The quantitative estimate of drug-likeness (QED) is 0.797. The molecule has 1 rings (SSSR count). The second-order valence-electron chi connectivity index (χ2n) is 5.70. The van der Waals surface area contributed by atoms with Crippen LogP contribution >= 0.6 is 0 Å². The van der Waals surface area contributed by atoms with Crippen LogP contribution < -0.4 is 10.1 Å². The van der Waals surface area contributed by atoms with E-state index >= 15 is 0 Å². The Bertz CT molecular complexity index is 481. The van der Waals surface area contributed by atoms with Crippen molar-refractivity contribution in [3.63, 3.8) is 0 Å². The number of benzene rings is 1. The lowest BCUT2D eigenvalue weighted by atomic mass is 10.1. The van der Waals surface area contributed by atoms with Crippen LogP contribution in [0.25, 0.3) is 0 Å². The minimum Gasteiger partial charge on any atom is -0.433 e. The SMILES string of the molecule is CC(C)CCN(C)[C@@H](C)C(=O)Nc1ccccc1OC(F)F. The van der Waals surface area contributed by atoms with Gasteiger partial charge in [0.2, 0.25) is 5.91 Å². The third-order valence-electron chi connectivity index (χ3n) is 3.46. The highest BCUT2D eigenvalue weighted by atomic mass is 19.3. The van der Waals surface area contributed by atoms with E-state index in [-0.39, 0.29) is 23.4 Å². The summed E-state index contributed by atoms with van der Waals surface area (Å²) >= 11 is 0. The van der Waals surface area contributed by atoms with Crippen molar-refractivity contribution in [1.82, 2.24) is 4.90 Å². The van der Waals surface area contributed by atoms with E-state index in [0.29, 0.717) is 5.92 Å². The number of alkyl halides is 2. The maximum absolute atomic E-state index is 12.4. The molecule has 0 spiro atoms. The van der Waals surface area contributed by atoms with E-state index in [1.54, 1.807) is 19.1 Å². The van der Waals surface area contributed by atoms with Crippen LogP contribution in [-0.2, 0) is 4.79 Å². The molecule has 1 amide bonds. The Hall–Kier alpha value is -1.69. The van der Waals surface area contributed by atoms with Crippen molar-refractivity contribution in [3.05, 3.63) is 24.3 Å². The van der Waals surface area contributed by atoms with Gasteiger partial charge in [0.15, 0.2) is 0 Å². The first-order valence-electron chi connectivity index (χ1n) is 7.36. The highest BCUT2D eigenvalue weighted by Gasteiger charge is 2.20. The van der Waals surface area contributed by atoms with Crippen LogP contribution in [0.2, 0.25) is 0 Å². The summed E-state index contributed by atoms with van der Waals surface area (Å²) in [5.74, 6) is 0.261. The largest absolute Gasteiger partial charge is 0.433 e. The number of hydrogen-bond acceptors (Lipinski definition) is 3. The molecule has 0 radical (unpaired) electrons. The van der Waals surface area contributed by atoms with Crippen molar-refractivity contribution in [1.29, 1.82) is 0 Å². The molecule has 22 heavy (non-hydrogen) atoms. The maximum Gasteiger partial charge on any atom is 0.387 e. The lowest BCUT2D eigenvalue weighted by Crippen LogP contribution is -2.40. The van der Waals surface area contributed by atoms with Crippen LogP contribution in [0, 0.1) is 5.92 Å². The van der Waals surface area contributed by atoms with Crippen LogP contribution in [-0.4, -0.2) is 37.1 Å². The monoisotopic (exact) mass is 314 g/mol. The van der Waals surface area contributed by atoms with Crippen LogP contribution in [0.5, 0.6) is 5.75 Å². The van der Waals surface area contributed by atoms with E-state index < -0.39 is 6.61 Å². The van der Waals surface area contributed by atoms with E-state index in [2.05, 4.69) is 23.9 Å². The normalized spacial score (nSPS) is 12.8. The predicted molar refractivity (Wildman–Crippen MR) is 83.3 cm³/mol. The summed E-state index contributed by atoms with van der Waals surface area (Å²) in [5.41, 5.74) is 0.247. The molecular weight excluding hydrogens is 290 g/mol. The molecule has 0 heterocycles. The predicted octanol–water partition coefficient (Wildman–Crippen LogP) is 3.59. The van der Waals surface area contributed by atoms with Gasteiger partial charge in [-0.2, -0.15) is 8.78 Å². The molecule has 0 aliphatic carbocycles. The summed E-state index contributed by atoms with van der Waals surface area (Å²) in [6, 6.07) is 5.80. The molecule has 0 bridgehead atoms. The first-order valence-corrected chi connectivity index (χ1v) is 7.36. The van der Waals surface area contributed by atoms with Gasteiger partial charge in [-0.15, -0.1) is 0 Å². The molecule has 0 aliphatic heterocycles. The highest BCUT2D eigenvalue weighted by Crippen LogP contribution is 2.25. The second-order valence-corrected chi connectivity index (χ2v) is 5.70. The topological polar surface area (TPSA) is 41.6 Å². The van der Waals surface area contributed by atoms with Crippen molar-refractivity contribution in [2.75, 3.05) is 18.9 Å². The molecule has 1 aromatic carbocycles. The van der Waals surface area contributed by atoms with Crippen molar-refractivity contribution in [2.45, 2.75) is 39.8 Å². The summed E-state index contributed by atoms with van der Waals surface area (Å²) < 4.78 is 29.1. The Balaban J connectivity index is 2.67. The molecule has 0 aliphatic rings. The fourth-order valence-electron chi connectivity index (χ4n) is 1.86. The molecule has 6 heteroatoms. The van der Waals surface area contributed by atoms with Gasteiger partial charge < -0.3 is 10.1 Å². The Labute approximate surface area is 130 Å². The summed E-state index contributed by atoms with van der Waals surface area (Å²) in [6.07, 6.45) is 0.985. The molecule has 4 nitrogen and oxygen atoms in total. The van der Waals surface area contributed by atoms with Gasteiger partial charge in [-0.25, -0.2) is 0 Å². The van der Waals surface area contributed by atoms with Crippen LogP contribution in [0.4, 0.5) is 14.5 Å². The van der Waals surface area contributed by atoms with Crippen LogP contribution in [0.3, 0.4) is 0 Å². The number of nitrogens with one attached hydrogen (secondary N) is 1. The second kappa shape index (κ2) is 8.68. The zero-order chi connectivity index (χ0) is 16.7. The smallest absolute Gasteiger partial charge is 0.387 e. The molecule has 124 valence electrons. The highest BCUT2D eigenvalue weighted by molar-refractivity contribution is 5.95. The third kappa shape index (κ3) is 5.97. The number of carbonyl (C=O) groups excluding carboxylic acids is 1. The first-order chi connectivity index (χ1) is 10.3. The number of rotatable bonds is 8. The van der Waals surface area contributed by atoms with E-state index in [1.165, 1.54) is 12.1 Å². The van der Waals surface area contributed by atoms with Gasteiger partial charge in [0.1, 0.15) is 5.75 Å². The van der Waals surface area contributed by atoms with E-state index in [9.17, 15) is 13.6 Å². The average Bonchev–Trinajstić information content (AvgIpc) is 2.45. The minimum atomic E-state index is -2.93. The molecule has 0 saturated carbocycles. The number of halogens is 2. The van der Waals surface area contributed by atoms with Gasteiger partial charge in [0.05, 0.1) is 11.7 Å². The number of carbonyl (C=O) groups is 1. The van der Waals surface area contributed by atoms with Gasteiger partial charge >= 0.3 is 6.61 Å². The fourth-order valence-corrected chi connectivity index (χ4v) is 1.86. The van der Waals surface area contributed by atoms with Gasteiger partial charge in [0, 0.05) is 0 Å². The van der Waals surface area contributed by atoms with Crippen LogP contribution in [0.15, 0.2) is 24.3 Å². The number of hydrogen-bond donors (Lipinski definition) is 1. The lowest BCUT2D eigenvalue weighted by molar-refractivity contribution is -0.120. The molecule has 0 aromatic heterocycles. The minimum absolute atomic E-state index is 0.0390. The van der Waals surface area contributed by atoms with Gasteiger partial charge in [-0.1, -0.05) is 26.0 Å². The molecule has 0 fully saturated rings. The van der Waals surface area contributed by atoms with Gasteiger partial charge in [-0.3, -0.25) is 9.69 Å². The summed E-state index contributed by atoms with van der Waals surface area (Å²) in [4.78, 5) is 14.2. The van der Waals surface area contributed by atoms with Gasteiger partial charge in [0.25, 0.3) is 0 Å². The molecule has 0 saturated heterocycles. The molecule has 1 N–H and O–H groups in total. The summed E-state index contributed by atoms with van der Waals surface area (Å²) in [6.45, 7) is 3.89. The summed E-state index contributed by atoms with van der Waals surface area (Å²) in [5, 5.41) is 2.65. The summed E-state index contributed by atoms with van der Waals surface area (Å²) in [7, 11) is 1.87. The lowest BCUT2D eigenvalue weighted by Gasteiger charge is -2.25.